The molecule has 4 atom stereocenters. The number of hydrogen-bond donors (Lipinski definition) is 2. The Labute approximate surface area is 136 Å². The summed E-state index contributed by atoms with van der Waals surface area (Å²) in [5.74, 6) is -1.13. The minimum atomic E-state index is -0.821. The number of carbonyl (C=O) groups excluding carboxylic acids is 3. The number of nitrogens with one attached hydrogen (secondary N) is 1. The number of carbonyl (C=O) groups is 3. The maximum atomic E-state index is 12.2. The van der Waals surface area contributed by atoms with Crippen molar-refractivity contribution >= 4 is 17.6 Å². The number of aliphatic hydroxyl groups excluding tert-OH is 1. The first-order valence-corrected chi connectivity index (χ1v) is 8.13. The van der Waals surface area contributed by atoms with E-state index in [1.165, 1.54) is 0 Å². The van der Waals surface area contributed by atoms with Gasteiger partial charge in [-0.15, -0.1) is 0 Å². The number of aliphatic hydroxyl groups is 1. The third kappa shape index (κ3) is 5.25. The van der Waals surface area contributed by atoms with Crippen LogP contribution < -0.4 is 5.32 Å². The molecular formula is C17H25NO5. The van der Waals surface area contributed by atoms with E-state index in [1.54, 1.807) is 0 Å². The monoisotopic (exact) mass is 323 g/mol. The van der Waals surface area contributed by atoms with Crippen LogP contribution in [0.3, 0.4) is 0 Å². The molecule has 2 rings (SSSR count). The summed E-state index contributed by atoms with van der Waals surface area (Å²) in [6, 6.07) is 0. The van der Waals surface area contributed by atoms with Crippen LogP contribution in [-0.2, 0) is 19.1 Å². The Hall–Kier alpha value is -1.53. The van der Waals surface area contributed by atoms with Crippen molar-refractivity contribution < 1.29 is 24.2 Å². The Bertz CT molecular complexity index is 511. The Balaban J connectivity index is 1.79. The van der Waals surface area contributed by atoms with Gasteiger partial charge in [-0.3, -0.25) is 19.7 Å². The average Bonchev–Trinajstić information content (AvgIpc) is 3.14. The molecule has 2 heterocycles. The average molecular weight is 323 g/mol. The van der Waals surface area contributed by atoms with Crippen LogP contribution in [-0.4, -0.2) is 41.0 Å². The van der Waals surface area contributed by atoms with Gasteiger partial charge in [0.15, 0.2) is 0 Å². The van der Waals surface area contributed by atoms with Crippen molar-refractivity contribution in [2.45, 2.75) is 64.8 Å². The Morgan fingerprint density at radius 3 is 2.48 bits per heavy atom. The third-order valence-corrected chi connectivity index (χ3v) is 4.45. The first-order valence-electron chi connectivity index (χ1n) is 8.13. The van der Waals surface area contributed by atoms with E-state index in [0.717, 1.165) is 5.57 Å². The lowest BCUT2D eigenvalue weighted by molar-refractivity contribution is -0.135. The molecule has 0 saturated carbocycles. The summed E-state index contributed by atoms with van der Waals surface area (Å²) in [6.07, 6.45) is 2.18. The van der Waals surface area contributed by atoms with Gasteiger partial charge in [0.25, 0.3) is 0 Å². The highest BCUT2D eigenvalue weighted by molar-refractivity contribution is 5.97. The van der Waals surface area contributed by atoms with E-state index in [-0.39, 0.29) is 60.9 Å². The number of ether oxygens (including phenoxy) is 1. The molecular weight excluding hydrogens is 298 g/mol. The van der Waals surface area contributed by atoms with Crippen LogP contribution >= 0.6 is 0 Å². The van der Waals surface area contributed by atoms with Gasteiger partial charge in [-0.25, -0.2) is 0 Å². The highest BCUT2D eigenvalue weighted by Gasteiger charge is 2.35. The molecule has 2 aliphatic heterocycles. The third-order valence-electron chi connectivity index (χ3n) is 4.45. The van der Waals surface area contributed by atoms with Gasteiger partial charge in [0, 0.05) is 25.2 Å². The second-order valence-electron chi connectivity index (χ2n) is 6.77. The molecule has 0 radical (unpaired) electrons. The molecule has 6 heteroatoms. The van der Waals surface area contributed by atoms with Crippen molar-refractivity contribution in [2.24, 2.45) is 11.8 Å². The van der Waals surface area contributed by atoms with E-state index >= 15 is 0 Å². The van der Waals surface area contributed by atoms with E-state index in [2.05, 4.69) is 5.32 Å². The zero-order valence-electron chi connectivity index (χ0n) is 13.9. The molecule has 2 amide bonds. The molecule has 6 nitrogen and oxygen atoms in total. The van der Waals surface area contributed by atoms with Gasteiger partial charge in [-0.2, -0.15) is 0 Å². The van der Waals surface area contributed by atoms with Crippen molar-refractivity contribution in [3.63, 3.8) is 0 Å². The van der Waals surface area contributed by atoms with Crippen LogP contribution in [0.1, 0.15) is 46.5 Å². The summed E-state index contributed by atoms with van der Waals surface area (Å²) in [5.41, 5.74) is 1.04. The molecule has 0 aromatic carbocycles. The summed E-state index contributed by atoms with van der Waals surface area (Å²) in [4.78, 5) is 34.8. The van der Waals surface area contributed by atoms with Crippen LogP contribution in [0.25, 0.3) is 0 Å². The second kappa shape index (κ2) is 7.36. The SMILES string of the molecule is CC(=CC(C)C(=O)CC(O)CC1CC(=O)NC(=O)C1)C1OC1C. The van der Waals surface area contributed by atoms with Gasteiger partial charge < -0.3 is 9.84 Å². The van der Waals surface area contributed by atoms with Gasteiger partial charge in [0.1, 0.15) is 11.9 Å². The van der Waals surface area contributed by atoms with E-state index < -0.39 is 6.10 Å². The largest absolute Gasteiger partial charge is 0.393 e. The first kappa shape index (κ1) is 17.8. The molecule has 2 aliphatic rings. The van der Waals surface area contributed by atoms with Crippen molar-refractivity contribution in [3.8, 4) is 0 Å². The topological polar surface area (TPSA) is 96.0 Å². The normalized spacial score (nSPS) is 28.3. The van der Waals surface area contributed by atoms with Crippen LogP contribution in [0, 0.1) is 11.8 Å². The van der Waals surface area contributed by atoms with Gasteiger partial charge in [-0.1, -0.05) is 13.0 Å². The van der Waals surface area contributed by atoms with E-state index in [4.69, 9.17) is 4.74 Å². The summed E-state index contributed by atoms with van der Waals surface area (Å²) < 4.78 is 5.36. The Morgan fingerprint density at radius 2 is 1.96 bits per heavy atom. The fraction of sp³-hybridized carbons (Fsp3) is 0.706. The minimum absolute atomic E-state index is 0.0400. The summed E-state index contributed by atoms with van der Waals surface area (Å²) in [5, 5.41) is 12.3. The number of rotatable bonds is 7. The molecule has 0 aromatic heterocycles. The Morgan fingerprint density at radius 1 is 1.39 bits per heavy atom. The number of hydrogen-bond acceptors (Lipinski definition) is 5. The minimum Gasteiger partial charge on any atom is -0.393 e. The maximum Gasteiger partial charge on any atom is 0.226 e. The molecule has 4 unspecified atom stereocenters. The summed E-state index contributed by atoms with van der Waals surface area (Å²) in [6.45, 7) is 5.74. The fourth-order valence-corrected chi connectivity index (χ4v) is 3.15. The van der Waals surface area contributed by atoms with Crippen molar-refractivity contribution in [2.75, 3.05) is 0 Å². The highest BCUT2D eigenvalue weighted by Crippen LogP contribution is 2.29. The number of piperidine rings is 1. The zero-order chi connectivity index (χ0) is 17.1. The standard InChI is InChI=1S/C17H25NO5/c1-9(4-10(2)17-11(3)23-17)14(20)8-13(19)5-12-6-15(21)18-16(22)7-12/h4,9,11-13,17,19H,5-8H2,1-3H3,(H,18,21,22). The van der Waals surface area contributed by atoms with Gasteiger partial charge in [0.05, 0.1) is 12.2 Å². The number of allylic oxidation sites excluding steroid dienone is 1. The van der Waals surface area contributed by atoms with Crippen LogP contribution in [0.15, 0.2) is 11.6 Å². The predicted octanol–water partition coefficient (Wildman–Crippen LogP) is 1.12. The van der Waals surface area contributed by atoms with Gasteiger partial charge >= 0.3 is 0 Å². The van der Waals surface area contributed by atoms with E-state index in [9.17, 15) is 19.5 Å². The summed E-state index contributed by atoms with van der Waals surface area (Å²) >= 11 is 0. The maximum absolute atomic E-state index is 12.2. The number of epoxide rings is 1. The van der Waals surface area contributed by atoms with Crippen LogP contribution in [0.4, 0.5) is 0 Å². The van der Waals surface area contributed by atoms with Crippen molar-refractivity contribution in [3.05, 3.63) is 11.6 Å². The predicted molar refractivity (Wildman–Crippen MR) is 83.4 cm³/mol. The molecule has 0 bridgehead atoms. The smallest absolute Gasteiger partial charge is 0.226 e. The second-order valence-corrected chi connectivity index (χ2v) is 6.77. The van der Waals surface area contributed by atoms with Gasteiger partial charge in [-0.05, 0) is 31.8 Å². The lowest BCUT2D eigenvalue weighted by atomic mass is 9.88. The van der Waals surface area contributed by atoms with Gasteiger partial charge in [0.2, 0.25) is 11.8 Å². The summed E-state index contributed by atoms with van der Waals surface area (Å²) in [7, 11) is 0. The van der Waals surface area contributed by atoms with E-state index in [1.807, 2.05) is 26.8 Å². The number of imide groups is 1. The number of Topliss-reactive ketones (excluding diaryl/α,β-unsaturated/α-hetero) is 1. The highest BCUT2D eigenvalue weighted by atomic mass is 16.6. The fourth-order valence-electron chi connectivity index (χ4n) is 3.15. The molecule has 0 aliphatic carbocycles. The van der Waals surface area contributed by atoms with Crippen molar-refractivity contribution in [1.82, 2.24) is 5.32 Å². The lowest BCUT2D eigenvalue weighted by Crippen LogP contribution is -2.39. The molecule has 2 fully saturated rings. The molecule has 2 saturated heterocycles. The van der Waals surface area contributed by atoms with Crippen molar-refractivity contribution in [1.29, 1.82) is 0 Å². The zero-order valence-corrected chi connectivity index (χ0v) is 13.9. The van der Waals surface area contributed by atoms with Crippen LogP contribution in [0.2, 0.25) is 0 Å². The number of amides is 2. The molecule has 0 aromatic rings. The molecule has 0 spiro atoms. The Kier molecular flexibility index (Phi) is 5.70. The lowest BCUT2D eigenvalue weighted by Gasteiger charge is -2.23. The number of ketones is 1. The van der Waals surface area contributed by atoms with Crippen LogP contribution in [0.5, 0.6) is 0 Å². The van der Waals surface area contributed by atoms with E-state index in [0.29, 0.717) is 6.42 Å². The first-order chi connectivity index (χ1) is 10.8. The molecule has 23 heavy (non-hydrogen) atoms. The molecule has 2 N–H and O–H groups in total. The molecule has 128 valence electrons. The quantitative estimate of drug-likeness (QED) is 0.416.